The van der Waals surface area contributed by atoms with E-state index in [-0.39, 0.29) is 24.3 Å². The summed E-state index contributed by atoms with van der Waals surface area (Å²) in [6.45, 7) is 0.706. The number of rotatable bonds is 5. The molecule has 2 atom stereocenters. The number of nitrogens with zero attached hydrogens (tertiary/aromatic N) is 3. The van der Waals surface area contributed by atoms with Crippen LogP contribution in [0.2, 0.25) is 0 Å². The van der Waals surface area contributed by atoms with Crippen LogP contribution in [0.4, 0.5) is 20.6 Å². The average molecular weight is 468 g/mol. The molecule has 11 heteroatoms. The Morgan fingerprint density at radius 1 is 1.31 bits per heavy atom. The minimum absolute atomic E-state index is 0.103. The Labute approximate surface area is 174 Å². The molecule has 3 heterocycles. The highest BCUT2D eigenvalue weighted by molar-refractivity contribution is 9.10. The van der Waals surface area contributed by atoms with Crippen molar-refractivity contribution in [2.75, 3.05) is 29.9 Å². The molecule has 2 amide bonds. The molecule has 9 nitrogen and oxygen atoms in total. The number of hydrogen-bond acceptors (Lipinski definition) is 6. The molecule has 4 N–H and O–H groups in total. The highest BCUT2D eigenvalue weighted by Gasteiger charge is 2.29. The molecular formula is C18H19BrFN5O4. The van der Waals surface area contributed by atoms with Crippen LogP contribution in [0.25, 0.3) is 0 Å². The molecule has 1 aliphatic rings. The Kier molecular flexibility index (Phi) is 6.60. The van der Waals surface area contributed by atoms with Gasteiger partial charge >= 0.3 is 6.09 Å². The van der Waals surface area contributed by atoms with Crippen LogP contribution in [0.1, 0.15) is 16.9 Å². The maximum Gasteiger partial charge on any atom is 0.404 e. The fourth-order valence-electron chi connectivity index (χ4n) is 3.33. The number of carbonyl (C=O) groups excluding carboxylic acids is 1. The predicted molar refractivity (Wildman–Crippen MR) is 106 cm³/mol. The van der Waals surface area contributed by atoms with Crippen molar-refractivity contribution in [3.63, 3.8) is 0 Å². The predicted octanol–water partition coefficient (Wildman–Crippen LogP) is 2.09. The van der Waals surface area contributed by atoms with Gasteiger partial charge in [-0.05, 0) is 40.5 Å². The third-order valence-corrected chi connectivity index (χ3v) is 4.98. The number of carbonyl (C=O) groups is 2. The van der Waals surface area contributed by atoms with E-state index in [9.17, 15) is 19.1 Å². The summed E-state index contributed by atoms with van der Waals surface area (Å²) in [4.78, 5) is 33.3. The lowest BCUT2D eigenvalue weighted by Crippen LogP contribution is -2.51. The van der Waals surface area contributed by atoms with Gasteiger partial charge in [0.25, 0.3) is 5.91 Å². The van der Waals surface area contributed by atoms with E-state index in [1.165, 1.54) is 18.5 Å². The smallest absolute Gasteiger partial charge is 0.404 e. The maximum atomic E-state index is 14.0. The van der Waals surface area contributed by atoms with Crippen LogP contribution in [0.5, 0.6) is 0 Å². The first-order chi connectivity index (χ1) is 13.9. The molecule has 1 aliphatic heterocycles. The SMILES string of the molecule is O=C(O)NC1CC(CO)CN(c2ccncc2NC(=O)c2nc(Br)ccc2F)C1. The van der Waals surface area contributed by atoms with E-state index in [2.05, 4.69) is 36.5 Å². The molecule has 29 heavy (non-hydrogen) atoms. The largest absolute Gasteiger partial charge is 0.465 e. The number of halogens is 2. The minimum Gasteiger partial charge on any atom is -0.465 e. The minimum atomic E-state index is -1.15. The summed E-state index contributed by atoms with van der Waals surface area (Å²) in [6.07, 6.45) is 2.31. The van der Waals surface area contributed by atoms with Gasteiger partial charge in [-0.3, -0.25) is 9.78 Å². The number of nitrogens with one attached hydrogen (secondary N) is 2. The molecule has 0 aromatic carbocycles. The van der Waals surface area contributed by atoms with Crippen LogP contribution < -0.4 is 15.5 Å². The molecule has 0 saturated carbocycles. The highest BCUT2D eigenvalue weighted by atomic mass is 79.9. The first-order valence-electron chi connectivity index (χ1n) is 8.80. The van der Waals surface area contributed by atoms with Crippen molar-refractivity contribution in [1.82, 2.24) is 15.3 Å². The van der Waals surface area contributed by atoms with Crippen molar-refractivity contribution < 1.29 is 24.2 Å². The number of aliphatic hydroxyl groups excluding tert-OH is 1. The van der Waals surface area contributed by atoms with Gasteiger partial charge in [0.15, 0.2) is 11.5 Å². The Morgan fingerprint density at radius 2 is 2.10 bits per heavy atom. The fraction of sp³-hybridized carbons (Fsp3) is 0.333. The van der Waals surface area contributed by atoms with Gasteiger partial charge in [0.1, 0.15) is 4.60 Å². The van der Waals surface area contributed by atoms with Crippen LogP contribution in [0.3, 0.4) is 0 Å². The molecule has 0 aliphatic carbocycles. The van der Waals surface area contributed by atoms with Crippen molar-refractivity contribution in [1.29, 1.82) is 0 Å². The third kappa shape index (κ3) is 5.18. The van der Waals surface area contributed by atoms with Crippen molar-refractivity contribution in [2.45, 2.75) is 12.5 Å². The van der Waals surface area contributed by atoms with Crippen molar-refractivity contribution in [2.24, 2.45) is 5.92 Å². The maximum absolute atomic E-state index is 14.0. The average Bonchev–Trinajstić information content (AvgIpc) is 2.69. The number of aromatic nitrogens is 2. The normalized spacial score (nSPS) is 18.9. The lowest BCUT2D eigenvalue weighted by molar-refractivity contribution is 0.101. The van der Waals surface area contributed by atoms with Crippen LogP contribution in [0, 0.1) is 11.7 Å². The van der Waals surface area contributed by atoms with E-state index < -0.39 is 17.8 Å². The van der Waals surface area contributed by atoms with Gasteiger partial charge in [0.2, 0.25) is 0 Å². The Balaban J connectivity index is 1.85. The Bertz CT molecular complexity index is 916. The number of carboxylic acid groups (broad SMARTS) is 1. The molecular weight excluding hydrogens is 449 g/mol. The van der Waals surface area contributed by atoms with Gasteiger partial charge in [-0.1, -0.05) is 0 Å². The zero-order valence-electron chi connectivity index (χ0n) is 15.2. The van der Waals surface area contributed by atoms with Crippen LogP contribution in [0.15, 0.2) is 35.2 Å². The second-order valence-corrected chi connectivity index (χ2v) is 7.46. The summed E-state index contributed by atoms with van der Waals surface area (Å²) in [6, 6.07) is 3.80. The number of piperidine rings is 1. The fourth-order valence-corrected chi connectivity index (χ4v) is 3.64. The van der Waals surface area contributed by atoms with E-state index in [4.69, 9.17) is 5.11 Å². The zero-order valence-corrected chi connectivity index (χ0v) is 16.8. The number of aliphatic hydroxyl groups is 1. The zero-order chi connectivity index (χ0) is 21.0. The lowest BCUT2D eigenvalue weighted by Gasteiger charge is -2.39. The molecule has 1 saturated heterocycles. The van der Waals surface area contributed by atoms with E-state index in [1.807, 2.05) is 4.90 Å². The second kappa shape index (κ2) is 9.14. The molecule has 3 rings (SSSR count). The van der Waals surface area contributed by atoms with Gasteiger partial charge in [0.05, 0.1) is 23.6 Å². The third-order valence-electron chi connectivity index (χ3n) is 4.54. The molecule has 2 aromatic rings. The van der Waals surface area contributed by atoms with E-state index in [1.54, 1.807) is 6.07 Å². The monoisotopic (exact) mass is 467 g/mol. The lowest BCUT2D eigenvalue weighted by atomic mass is 9.94. The molecule has 0 radical (unpaired) electrons. The number of anilines is 2. The summed E-state index contributed by atoms with van der Waals surface area (Å²) in [5.74, 6) is -1.66. The van der Waals surface area contributed by atoms with Crippen LogP contribution in [-0.4, -0.2) is 57.9 Å². The number of amides is 2. The molecule has 0 bridgehead atoms. The van der Waals surface area contributed by atoms with Gasteiger partial charge in [-0.2, -0.15) is 0 Å². The molecule has 2 aromatic heterocycles. The van der Waals surface area contributed by atoms with Gasteiger partial charge in [-0.25, -0.2) is 14.2 Å². The van der Waals surface area contributed by atoms with Gasteiger partial charge < -0.3 is 25.7 Å². The van der Waals surface area contributed by atoms with Gasteiger partial charge in [-0.15, -0.1) is 0 Å². The highest BCUT2D eigenvalue weighted by Crippen LogP contribution is 2.30. The Hall–Kier alpha value is -2.79. The van der Waals surface area contributed by atoms with Crippen LogP contribution >= 0.6 is 15.9 Å². The quantitative estimate of drug-likeness (QED) is 0.495. The van der Waals surface area contributed by atoms with E-state index >= 15 is 0 Å². The molecule has 1 fully saturated rings. The Morgan fingerprint density at radius 3 is 2.83 bits per heavy atom. The van der Waals surface area contributed by atoms with Crippen molar-refractivity contribution in [3.05, 3.63) is 46.7 Å². The van der Waals surface area contributed by atoms with Gasteiger partial charge in [0, 0.05) is 31.8 Å². The van der Waals surface area contributed by atoms with Crippen molar-refractivity contribution >= 4 is 39.3 Å². The second-order valence-electron chi connectivity index (χ2n) is 6.65. The number of pyridine rings is 2. The summed E-state index contributed by atoms with van der Waals surface area (Å²) in [5, 5.41) is 23.7. The molecule has 0 spiro atoms. The summed E-state index contributed by atoms with van der Waals surface area (Å²) >= 11 is 3.11. The first-order valence-corrected chi connectivity index (χ1v) is 9.59. The summed E-state index contributed by atoms with van der Waals surface area (Å²) in [7, 11) is 0. The first kappa shape index (κ1) is 20.9. The standard InChI is InChI=1S/C18H19BrFN5O4/c19-15-2-1-12(20)16(24-15)17(27)23-13-6-21-4-3-14(13)25-7-10(9-26)5-11(8-25)22-18(28)29/h1-4,6,10-11,22,26H,5,7-9H2,(H,23,27)(H,28,29). The van der Waals surface area contributed by atoms with Crippen molar-refractivity contribution in [3.8, 4) is 0 Å². The topological polar surface area (TPSA) is 128 Å². The van der Waals surface area contributed by atoms with Crippen LogP contribution in [-0.2, 0) is 0 Å². The van der Waals surface area contributed by atoms with E-state index in [0.29, 0.717) is 35.5 Å². The summed E-state index contributed by atoms with van der Waals surface area (Å²) in [5.41, 5.74) is 0.539. The summed E-state index contributed by atoms with van der Waals surface area (Å²) < 4.78 is 14.3. The molecule has 2 unspecified atom stereocenters. The molecule has 154 valence electrons. The number of hydrogen-bond donors (Lipinski definition) is 4. The van der Waals surface area contributed by atoms with E-state index in [0.717, 1.165) is 6.07 Å².